The summed E-state index contributed by atoms with van der Waals surface area (Å²) in [5, 5.41) is 11.6. The van der Waals surface area contributed by atoms with Crippen molar-refractivity contribution >= 4 is 68.4 Å². The zero-order valence-corrected chi connectivity index (χ0v) is 28.2. The van der Waals surface area contributed by atoms with E-state index in [1.165, 1.54) is 0 Å². The molecule has 0 atom stereocenters. The van der Waals surface area contributed by atoms with Crippen molar-refractivity contribution in [3.63, 3.8) is 0 Å². The Morgan fingerprint density at radius 2 is 1.77 bits per heavy atom. The predicted molar refractivity (Wildman–Crippen MR) is 180 cm³/mol. The summed E-state index contributed by atoms with van der Waals surface area (Å²) in [5.74, 6) is 1.93. The summed E-state index contributed by atoms with van der Waals surface area (Å²) in [6, 6.07) is 5.64. The van der Waals surface area contributed by atoms with Crippen LogP contribution in [0.4, 0.5) is 29.0 Å². The number of likely N-dealkylation sites (N-methyl/N-ethyl adjacent to an activating group) is 2. The molecule has 1 aromatic carbocycles. The predicted octanol–water partition coefficient (Wildman–Crippen LogP) is 4.72. The van der Waals surface area contributed by atoms with Gasteiger partial charge in [-0.1, -0.05) is 0 Å². The van der Waals surface area contributed by atoms with E-state index < -0.39 is 7.14 Å². The lowest BCUT2D eigenvalue weighted by molar-refractivity contribution is 0.398. The van der Waals surface area contributed by atoms with Crippen molar-refractivity contribution in [1.82, 2.24) is 39.6 Å². The second-order valence-electron chi connectivity index (χ2n) is 10.9. The minimum absolute atomic E-state index is 0.306. The Morgan fingerprint density at radius 3 is 2.45 bits per heavy atom. The number of fused-ring (bicyclic) bond motifs is 1. The van der Waals surface area contributed by atoms with Crippen molar-refractivity contribution < 1.29 is 9.30 Å². The van der Waals surface area contributed by atoms with E-state index in [-0.39, 0.29) is 0 Å². The molecule has 0 fully saturated rings. The Morgan fingerprint density at radius 1 is 1.00 bits per heavy atom. The number of methoxy groups -OCH3 is 1. The van der Waals surface area contributed by atoms with E-state index >= 15 is 0 Å². The third kappa shape index (κ3) is 6.82. The number of pyridine rings is 1. The Bertz CT molecular complexity index is 1860. The lowest BCUT2D eigenvalue weighted by Crippen LogP contribution is -2.29. The van der Waals surface area contributed by atoms with Crippen LogP contribution in [0.5, 0.6) is 5.88 Å². The molecule has 5 rings (SSSR count). The summed E-state index contributed by atoms with van der Waals surface area (Å²) in [4.78, 5) is 27.2. The summed E-state index contributed by atoms with van der Waals surface area (Å²) in [7, 11) is 6.77. The van der Waals surface area contributed by atoms with Gasteiger partial charge >= 0.3 is 0 Å². The van der Waals surface area contributed by atoms with E-state index in [9.17, 15) is 4.57 Å². The molecule has 0 unspecified atom stereocenters. The molecular formula is C29H35BrN11O2P. The van der Waals surface area contributed by atoms with E-state index in [0.717, 1.165) is 30.0 Å². The average molecular weight is 681 g/mol. The zero-order chi connectivity index (χ0) is 31.6. The summed E-state index contributed by atoms with van der Waals surface area (Å²) in [6.45, 7) is 5.04. The first-order valence-electron chi connectivity index (χ1n) is 13.7. The second-order valence-corrected chi connectivity index (χ2v) is 14.9. The maximum Gasteiger partial charge on any atom is 0.239 e. The van der Waals surface area contributed by atoms with Gasteiger partial charge in [-0.25, -0.2) is 4.98 Å². The molecule has 15 heteroatoms. The van der Waals surface area contributed by atoms with E-state index in [4.69, 9.17) is 14.7 Å². The molecule has 44 heavy (non-hydrogen) atoms. The maximum absolute atomic E-state index is 13.4. The fraction of sp³-hybridized carbons (Fsp3) is 0.310. The molecule has 4 aromatic heterocycles. The largest absolute Gasteiger partial charge is 0.479 e. The highest BCUT2D eigenvalue weighted by atomic mass is 79.9. The van der Waals surface area contributed by atoms with Crippen LogP contribution in [0.3, 0.4) is 0 Å². The number of hydrogen-bond donors (Lipinski definition) is 2. The van der Waals surface area contributed by atoms with Crippen molar-refractivity contribution in [2.45, 2.75) is 0 Å². The SMILES string of the molecule is COc1nc(N(C)CCN(C)C)c(-c2cnn(C)c2)cc1Nc1ncc(Br)c(Nc2ccc3nccnc3c2P(C)(C)=O)n1. The van der Waals surface area contributed by atoms with Crippen LogP contribution in [0.15, 0.2) is 53.7 Å². The van der Waals surface area contributed by atoms with Crippen molar-refractivity contribution in [2.24, 2.45) is 7.05 Å². The van der Waals surface area contributed by atoms with Gasteiger partial charge in [0.1, 0.15) is 30.0 Å². The van der Waals surface area contributed by atoms with Gasteiger partial charge in [0.25, 0.3) is 0 Å². The summed E-state index contributed by atoms with van der Waals surface area (Å²) >= 11 is 3.55. The molecule has 5 aromatic rings. The van der Waals surface area contributed by atoms with Crippen molar-refractivity contribution in [3.8, 4) is 17.0 Å². The molecule has 13 nitrogen and oxygen atoms in total. The van der Waals surface area contributed by atoms with Gasteiger partial charge in [-0.05, 0) is 61.6 Å². The lowest BCUT2D eigenvalue weighted by atomic mass is 10.1. The molecule has 0 aliphatic rings. The molecule has 2 N–H and O–H groups in total. The number of nitrogens with zero attached hydrogens (tertiary/aromatic N) is 9. The Kier molecular flexibility index (Phi) is 9.14. The van der Waals surface area contributed by atoms with Gasteiger partial charge in [-0.3, -0.25) is 14.6 Å². The van der Waals surface area contributed by atoms with Crippen LogP contribution >= 0.6 is 23.1 Å². The fourth-order valence-electron chi connectivity index (χ4n) is 4.68. The van der Waals surface area contributed by atoms with Crippen molar-refractivity contribution in [2.75, 3.05) is 70.2 Å². The molecule has 0 amide bonds. The van der Waals surface area contributed by atoms with Gasteiger partial charge in [0.05, 0.1) is 34.3 Å². The van der Waals surface area contributed by atoms with Crippen LogP contribution in [0.2, 0.25) is 0 Å². The number of halogens is 1. The van der Waals surface area contributed by atoms with Crippen LogP contribution in [-0.4, -0.2) is 94.3 Å². The smallest absolute Gasteiger partial charge is 0.239 e. The van der Waals surface area contributed by atoms with Gasteiger partial charge in [-0.2, -0.15) is 15.1 Å². The van der Waals surface area contributed by atoms with Gasteiger partial charge in [-0.15, -0.1) is 0 Å². The van der Waals surface area contributed by atoms with Gasteiger partial charge in [0.2, 0.25) is 11.8 Å². The Hall–Kier alpha value is -4.13. The van der Waals surface area contributed by atoms with Crippen LogP contribution in [0.25, 0.3) is 22.2 Å². The first-order valence-corrected chi connectivity index (χ1v) is 17.1. The van der Waals surface area contributed by atoms with E-state index in [1.807, 2.05) is 52.6 Å². The number of hydrogen-bond acceptors (Lipinski definition) is 12. The first kappa shape index (κ1) is 31.3. The number of anilines is 5. The molecule has 0 spiro atoms. The molecule has 0 aliphatic carbocycles. The number of rotatable bonds is 11. The molecule has 4 heterocycles. The Labute approximate surface area is 264 Å². The van der Waals surface area contributed by atoms with Crippen molar-refractivity contribution in [1.29, 1.82) is 0 Å². The van der Waals surface area contributed by atoms with Gasteiger partial charge in [0, 0.05) is 63.1 Å². The highest BCUT2D eigenvalue weighted by Gasteiger charge is 2.23. The van der Waals surface area contributed by atoms with E-state index in [0.29, 0.717) is 49.8 Å². The van der Waals surface area contributed by atoms with Crippen LogP contribution in [0, 0.1) is 0 Å². The average Bonchev–Trinajstić information content (AvgIpc) is 3.42. The monoisotopic (exact) mass is 679 g/mol. The molecule has 0 saturated carbocycles. The molecule has 0 radical (unpaired) electrons. The lowest BCUT2D eigenvalue weighted by Gasteiger charge is -2.24. The van der Waals surface area contributed by atoms with Gasteiger partial charge in [0.15, 0.2) is 0 Å². The van der Waals surface area contributed by atoms with E-state index in [1.54, 1.807) is 49.9 Å². The third-order valence-corrected chi connectivity index (χ3v) is 8.93. The number of nitrogens with one attached hydrogen (secondary N) is 2. The summed E-state index contributed by atoms with van der Waals surface area (Å²) in [6.07, 6.45) is 8.60. The molecule has 0 bridgehead atoms. The maximum atomic E-state index is 13.4. The minimum atomic E-state index is -2.77. The number of aromatic nitrogens is 7. The molecule has 230 valence electrons. The fourth-order valence-corrected chi connectivity index (χ4v) is 6.37. The molecule has 0 aliphatic heterocycles. The first-order chi connectivity index (χ1) is 20.9. The molecule has 0 saturated heterocycles. The van der Waals surface area contributed by atoms with Crippen LogP contribution in [0.1, 0.15) is 0 Å². The minimum Gasteiger partial charge on any atom is -0.479 e. The zero-order valence-electron chi connectivity index (χ0n) is 25.7. The quantitative estimate of drug-likeness (QED) is 0.187. The van der Waals surface area contributed by atoms with Crippen LogP contribution < -0.4 is 25.6 Å². The topological polar surface area (TPSA) is 139 Å². The highest BCUT2D eigenvalue weighted by Crippen LogP contribution is 2.41. The van der Waals surface area contributed by atoms with E-state index in [2.05, 4.69) is 56.4 Å². The number of ether oxygens (including phenoxy) is 1. The second kappa shape index (κ2) is 12.8. The Balaban J connectivity index is 1.53. The summed E-state index contributed by atoms with van der Waals surface area (Å²) in [5.41, 5.74) is 4.25. The molecular weight excluding hydrogens is 645 g/mol. The summed E-state index contributed by atoms with van der Waals surface area (Å²) < 4.78 is 21.5. The third-order valence-electron chi connectivity index (χ3n) is 6.82. The van der Waals surface area contributed by atoms with Crippen molar-refractivity contribution in [3.05, 3.63) is 53.7 Å². The number of aryl methyl sites for hydroxylation is 1. The standard InChI is InChI=1S/C29H35BrN11O2P/c1-39(2)12-13-40(3)27-19(18-15-34-41(4)17-18)14-23(28(38-27)43-5)36-29-33-16-20(30)26(37-29)35-22-9-8-21-24(32-11-10-31-21)25(22)44(6,7)42/h8-11,14-17H,12-13H2,1-7H3,(H2,33,35,36,37). The van der Waals surface area contributed by atoms with Gasteiger partial charge < -0.3 is 29.7 Å². The number of benzene rings is 1. The highest BCUT2D eigenvalue weighted by molar-refractivity contribution is 9.10. The van der Waals surface area contributed by atoms with Crippen LogP contribution in [-0.2, 0) is 11.6 Å². The normalized spacial score (nSPS) is 11.7.